The van der Waals surface area contributed by atoms with Gasteiger partial charge < -0.3 is 5.11 Å². The van der Waals surface area contributed by atoms with Gasteiger partial charge in [0.25, 0.3) is 0 Å². The van der Waals surface area contributed by atoms with E-state index in [1.165, 1.54) is 44.9 Å². The molecule has 0 unspecified atom stereocenters. The van der Waals surface area contributed by atoms with E-state index in [2.05, 4.69) is 6.92 Å². The number of rotatable bonds is 10. The number of carboxylic acid groups (broad SMARTS) is 1. The van der Waals surface area contributed by atoms with Gasteiger partial charge in [-0.1, -0.05) is 58.3 Å². The molecule has 0 heterocycles. The third-order valence-electron chi connectivity index (χ3n) is 2.49. The molecule has 0 amide bonds. The van der Waals surface area contributed by atoms with E-state index in [1.807, 2.05) is 0 Å². The molecular weight excluding hydrogens is 316 g/mol. The molecule has 0 spiro atoms. The molecule has 0 bridgehead atoms. The van der Waals surface area contributed by atoms with Crippen molar-refractivity contribution >= 4 is 5.97 Å². The topological polar surface area (TPSA) is 37.3 Å². The van der Waals surface area contributed by atoms with Gasteiger partial charge in [0.2, 0.25) is 0 Å². The Balaban J connectivity index is 0. The van der Waals surface area contributed by atoms with Crippen LogP contribution in [0.15, 0.2) is 0 Å². The monoisotopic (exact) mass is 340 g/mol. The summed E-state index contributed by atoms with van der Waals surface area (Å²) in [7, 11) is 0. The maximum absolute atomic E-state index is 10.2. The van der Waals surface area contributed by atoms with Crippen LogP contribution in [0, 0.1) is 41.7 Å². The molecule has 0 atom stereocenters. The molecule has 0 radical (unpaired) electrons. The van der Waals surface area contributed by atoms with Crippen LogP contribution in [-0.4, -0.2) is 11.1 Å². The van der Waals surface area contributed by atoms with Crippen LogP contribution in [0.4, 0.5) is 0 Å². The van der Waals surface area contributed by atoms with Gasteiger partial charge in [-0.3, -0.25) is 4.79 Å². The van der Waals surface area contributed by atoms with E-state index >= 15 is 0 Å². The third-order valence-corrected chi connectivity index (χ3v) is 2.49. The minimum atomic E-state index is -0.659. The molecular formula is C12H24CeO2. The molecule has 0 saturated carbocycles. The molecule has 0 aromatic rings. The average Bonchev–Trinajstić information content (AvgIpc) is 2.15. The number of hydrogen-bond donors (Lipinski definition) is 1. The van der Waals surface area contributed by atoms with Gasteiger partial charge >= 0.3 is 5.97 Å². The van der Waals surface area contributed by atoms with Crippen molar-refractivity contribution in [3.8, 4) is 0 Å². The van der Waals surface area contributed by atoms with Crippen molar-refractivity contribution in [1.29, 1.82) is 0 Å². The summed E-state index contributed by atoms with van der Waals surface area (Å²) in [5.41, 5.74) is 0. The normalized spacial score (nSPS) is 9.67. The molecule has 1 N–H and O–H groups in total. The number of carboxylic acids is 1. The summed E-state index contributed by atoms with van der Waals surface area (Å²) in [6.07, 6.45) is 11.5. The van der Waals surface area contributed by atoms with E-state index in [-0.39, 0.29) is 41.7 Å². The smallest absolute Gasteiger partial charge is 0.303 e. The Hall–Kier alpha value is 0.847. The van der Waals surface area contributed by atoms with Gasteiger partial charge in [0.1, 0.15) is 0 Å². The first-order valence-electron chi connectivity index (χ1n) is 5.99. The second kappa shape index (κ2) is 14.8. The Morgan fingerprint density at radius 2 is 1.27 bits per heavy atom. The van der Waals surface area contributed by atoms with Gasteiger partial charge in [-0.15, -0.1) is 0 Å². The summed E-state index contributed by atoms with van der Waals surface area (Å²) >= 11 is 0. The van der Waals surface area contributed by atoms with E-state index in [4.69, 9.17) is 5.11 Å². The minimum absolute atomic E-state index is 0. The molecule has 0 aliphatic heterocycles. The van der Waals surface area contributed by atoms with Gasteiger partial charge in [-0.2, -0.15) is 0 Å². The summed E-state index contributed by atoms with van der Waals surface area (Å²) in [4.78, 5) is 10.2. The van der Waals surface area contributed by atoms with Crippen molar-refractivity contribution < 1.29 is 51.6 Å². The molecule has 0 fully saturated rings. The quantitative estimate of drug-likeness (QED) is 0.611. The van der Waals surface area contributed by atoms with Gasteiger partial charge in [-0.25, -0.2) is 0 Å². The zero-order valence-electron chi connectivity index (χ0n) is 9.93. The Kier molecular flexibility index (Phi) is 18.0. The summed E-state index contributed by atoms with van der Waals surface area (Å²) < 4.78 is 0. The molecule has 0 saturated heterocycles. The van der Waals surface area contributed by atoms with E-state index in [9.17, 15) is 4.79 Å². The standard InChI is InChI=1S/C12H24O2.Ce/c1-2-3-4-5-6-7-8-9-10-11-12(13)14;/h2-11H2,1H3,(H,13,14);. The van der Waals surface area contributed by atoms with Crippen molar-refractivity contribution in [2.75, 3.05) is 0 Å². The van der Waals surface area contributed by atoms with Crippen LogP contribution in [0.3, 0.4) is 0 Å². The molecule has 0 aliphatic carbocycles. The number of aliphatic carboxylic acids is 1. The van der Waals surface area contributed by atoms with Crippen LogP contribution in [-0.2, 0) is 4.79 Å². The van der Waals surface area contributed by atoms with E-state index < -0.39 is 5.97 Å². The van der Waals surface area contributed by atoms with Crippen molar-refractivity contribution in [2.45, 2.75) is 71.1 Å². The molecule has 0 rings (SSSR count). The van der Waals surface area contributed by atoms with E-state index in [1.54, 1.807) is 0 Å². The molecule has 88 valence electrons. The fourth-order valence-corrected chi connectivity index (χ4v) is 1.59. The fourth-order valence-electron chi connectivity index (χ4n) is 1.59. The van der Waals surface area contributed by atoms with E-state index in [0.717, 1.165) is 12.8 Å². The van der Waals surface area contributed by atoms with Crippen LogP contribution in [0.5, 0.6) is 0 Å². The van der Waals surface area contributed by atoms with Crippen LogP contribution >= 0.6 is 0 Å². The summed E-state index contributed by atoms with van der Waals surface area (Å²) in [6.45, 7) is 2.23. The minimum Gasteiger partial charge on any atom is -0.481 e. The predicted molar refractivity (Wildman–Crippen MR) is 59.5 cm³/mol. The SMILES string of the molecule is CCCCCCCCCCCC(=O)O.[Ce]. The predicted octanol–water partition coefficient (Wildman–Crippen LogP) is 3.99. The van der Waals surface area contributed by atoms with Crippen LogP contribution in [0.1, 0.15) is 71.1 Å². The zero-order chi connectivity index (χ0) is 10.6. The third kappa shape index (κ3) is 17.5. The molecule has 3 heteroatoms. The number of unbranched alkanes of at least 4 members (excludes halogenated alkanes) is 8. The van der Waals surface area contributed by atoms with Gasteiger partial charge in [0.05, 0.1) is 0 Å². The first-order chi connectivity index (χ1) is 6.77. The van der Waals surface area contributed by atoms with Gasteiger partial charge in [0.15, 0.2) is 0 Å². The van der Waals surface area contributed by atoms with Crippen LogP contribution in [0.2, 0.25) is 0 Å². The molecule has 2 nitrogen and oxygen atoms in total. The molecule has 15 heavy (non-hydrogen) atoms. The van der Waals surface area contributed by atoms with Gasteiger partial charge in [0, 0.05) is 48.2 Å². The van der Waals surface area contributed by atoms with Crippen molar-refractivity contribution in [1.82, 2.24) is 0 Å². The Bertz CT molecular complexity index is 138. The first kappa shape index (κ1) is 18.2. The van der Waals surface area contributed by atoms with Crippen molar-refractivity contribution in [3.05, 3.63) is 0 Å². The van der Waals surface area contributed by atoms with Gasteiger partial charge in [-0.05, 0) is 6.42 Å². The van der Waals surface area contributed by atoms with Crippen LogP contribution < -0.4 is 0 Å². The maximum Gasteiger partial charge on any atom is 0.303 e. The Morgan fingerprint density at radius 1 is 0.867 bits per heavy atom. The van der Waals surface area contributed by atoms with E-state index in [0.29, 0.717) is 6.42 Å². The summed E-state index contributed by atoms with van der Waals surface area (Å²) in [5, 5.41) is 8.41. The average molecular weight is 340 g/mol. The number of hydrogen-bond acceptors (Lipinski definition) is 1. The largest absolute Gasteiger partial charge is 0.481 e. The second-order valence-electron chi connectivity index (χ2n) is 3.97. The molecule has 0 aromatic heterocycles. The summed E-state index contributed by atoms with van der Waals surface area (Å²) in [5.74, 6) is -0.659. The fraction of sp³-hybridized carbons (Fsp3) is 0.917. The molecule has 0 aliphatic rings. The Morgan fingerprint density at radius 3 is 1.67 bits per heavy atom. The first-order valence-corrected chi connectivity index (χ1v) is 5.99. The summed E-state index contributed by atoms with van der Waals surface area (Å²) in [6, 6.07) is 0. The van der Waals surface area contributed by atoms with Crippen LogP contribution in [0.25, 0.3) is 0 Å². The second-order valence-corrected chi connectivity index (χ2v) is 3.97. The number of carbonyl (C=O) groups is 1. The Labute approximate surface area is 128 Å². The van der Waals surface area contributed by atoms with Crippen molar-refractivity contribution in [2.24, 2.45) is 0 Å². The molecule has 0 aromatic carbocycles. The maximum atomic E-state index is 10.2. The van der Waals surface area contributed by atoms with Crippen molar-refractivity contribution in [3.63, 3.8) is 0 Å². The zero-order valence-corrected chi connectivity index (χ0v) is 13.1.